The van der Waals surface area contributed by atoms with E-state index in [1.807, 2.05) is 24.7 Å². The molecule has 0 saturated heterocycles. The molecule has 0 amide bonds. The molecule has 0 spiro atoms. The second-order valence-electron chi connectivity index (χ2n) is 4.90. The van der Waals surface area contributed by atoms with E-state index in [1.54, 1.807) is 6.20 Å². The van der Waals surface area contributed by atoms with Gasteiger partial charge >= 0.3 is 0 Å². The van der Waals surface area contributed by atoms with Gasteiger partial charge in [-0.1, -0.05) is 26.2 Å². The van der Waals surface area contributed by atoms with Gasteiger partial charge in [0.15, 0.2) is 0 Å². The van der Waals surface area contributed by atoms with Crippen LogP contribution in [0.5, 0.6) is 0 Å². The van der Waals surface area contributed by atoms with Crippen LogP contribution in [0.1, 0.15) is 51.6 Å². The quantitative estimate of drug-likeness (QED) is 0.723. The topological polar surface area (TPSA) is 38.1 Å². The van der Waals surface area contributed by atoms with E-state index in [-0.39, 0.29) is 0 Å². The summed E-state index contributed by atoms with van der Waals surface area (Å²) in [5, 5.41) is 14.3. The first-order chi connectivity index (χ1) is 7.55. The van der Waals surface area contributed by atoms with Crippen LogP contribution in [0.25, 0.3) is 0 Å². The van der Waals surface area contributed by atoms with E-state index in [2.05, 4.69) is 12.0 Å². The summed E-state index contributed by atoms with van der Waals surface area (Å²) >= 11 is 0. The number of unbranched alkanes of at least 4 members (excludes halogenated alkanes) is 2. The van der Waals surface area contributed by atoms with Crippen molar-refractivity contribution in [2.24, 2.45) is 7.05 Å². The molecule has 1 atom stereocenters. The number of aromatic nitrogens is 2. The van der Waals surface area contributed by atoms with Crippen molar-refractivity contribution < 1.29 is 5.11 Å². The third-order valence-corrected chi connectivity index (χ3v) is 3.16. The molecule has 0 aliphatic carbocycles. The second-order valence-corrected chi connectivity index (χ2v) is 4.90. The van der Waals surface area contributed by atoms with Crippen LogP contribution in [-0.2, 0) is 13.5 Å². The SMILES string of the molecule is CCCCCC(C)(O)CCc1ccnn1C. The Morgan fingerprint density at radius 2 is 2.12 bits per heavy atom. The molecule has 0 aliphatic heterocycles. The molecule has 1 aromatic rings. The molecule has 1 heterocycles. The van der Waals surface area contributed by atoms with Crippen molar-refractivity contribution in [3.63, 3.8) is 0 Å². The number of hydrogen-bond acceptors (Lipinski definition) is 2. The summed E-state index contributed by atoms with van der Waals surface area (Å²) in [6, 6.07) is 2.02. The van der Waals surface area contributed by atoms with Crippen LogP contribution in [0.2, 0.25) is 0 Å². The minimum atomic E-state index is -0.528. The molecule has 3 heteroatoms. The van der Waals surface area contributed by atoms with Gasteiger partial charge in [0.1, 0.15) is 0 Å². The molecule has 1 unspecified atom stereocenters. The second kappa shape index (κ2) is 6.04. The third kappa shape index (κ3) is 4.35. The Labute approximate surface area is 98.5 Å². The molecule has 0 aliphatic rings. The highest BCUT2D eigenvalue weighted by Crippen LogP contribution is 2.20. The average molecular weight is 224 g/mol. The summed E-state index contributed by atoms with van der Waals surface area (Å²) in [6.07, 6.45) is 7.96. The largest absolute Gasteiger partial charge is 0.390 e. The van der Waals surface area contributed by atoms with Crippen molar-refractivity contribution in [3.8, 4) is 0 Å². The Kier molecular flexibility index (Phi) is 5.00. The molecular formula is C13H24N2O. The number of aliphatic hydroxyl groups is 1. The van der Waals surface area contributed by atoms with Crippen molar-refractivity contribution >= 4 is 0 Å². The molecule has 0 aromatic carbocycles. The highest BCUT2D eigenvalue weighted by Gasteiger charge is 2.19. The van der Waals surface area contributed by atoms with Crippen LogP contribution < -0.4 is 0 Å². The highest BCUT2D eigenvalue weighted by molar-refractivity contribution is 5.00. The van der Waals surface area contributed by atoms with Gasteiger partial charge in [-0.05, 0) is 32.3 Å². The summed E-state index contributed by atoms with van der Waals surface area (Å²) in [4.78, 5) is 0. The minimum absolute atomic E-state index is 0.528. The van der Waals surface area contributed by atoms with E-state index in [9.17, 15) is 5.11 Å². The van der Waals surface area contributed by atoms with Crippen molar-refractivity contribution in [2.45, 2.75) is 58.0 Å². The minimum Gasteiger partial charge on any atom is -0.390 e. The summed E-state index contributed by atoms with van der Waals surface area (Å²) in [5.41, 5.74) is 0.662. The van der Waals surface area contributed by atoms with Gasteiger partial charge in [0.05, 0.1) is 5.60 Å². The Morgan fingerprint density at radius 3 is 2.69 bits per heavy atom. The van der Waals surface area contributed by atoms with Crippen molar-refractivity contribution in [2.75, 3.05) is 0 Å². The fourth-order valence-corrected chi connectivity index (χ4v) is 1.92. The van der Waals surface area contributed by atoms with Gasteiger partial charge in [0.25, 0.3) is 0 Å². The Balaban J connectivity index is 2.33. The third-order valence-electron chi connectivity index (χ3n) is 3.16. The Bertz CT molecular complexity index is 305. The molecule has 0 saturated carbocycles. The van der Waals surface area contributed by atoms with Gasteiger partial charge in [-0.25, -0.2) is 0 Å². The van der Waals surface area contributed by atoms with Crippen molar-refractivity contribution in [1.82, 2.24) is 9.78 Å². The Hall–Kier alpha value is -0.830. The average Bonchev–Trinajstić information content (AvgIpc) is 2.62. The van der Waals surface area contributed by atoms with E-state index in [0.717, 1.165) is 25.7 Å². The van der Waals surface area contributed by atoms with Crippen LogP contribution in [-0.4, -0.2) is 20.5 Å². The normalized spacial score (nSPS) is 15.0. The maximum Gasteiger partial charge on any atom is 0.0623 e. The first-order valence-corrected chi connectivity index (χ1v) is 6.24. The van der Waals surface area contributed by atoms with Gasteiger partial charge < -0.3 is 5.11 Å². The maximum atomic E-state index is 10.2. The summed E-state index contributed by atoms with van der Waals surface area (Å²) in [6.45, 7) is 4.13. The monoisotopic (exact) mass is 224 g/mol. The predicted molar refractivity (Wildman–Crippen MR) is 66.3 cm³/mol. The molecule has 1 rings (SSSR count). The van der Waals surface area contributed by atoms with E-state index in [0.29, 0.717) is 0 Å². The molecule has 1 aromatic heterocycles. The summed E-state index contributed by atoms with van der Waals surface area (Å²) in [5.74, 6) is 0. The zero-order valence-corrected chi connectivity index (χ0v) is 10.7. The lowest BCUT2D eigenvalue weighted by atomic mass is 9.92. The van der Waals surface area contributed by atoms with Crippen LogP contribution in [0.15, 0.2) is 12.3 Å². The fourth-order valence-electron chi connectivity index (χ4n) is 1.92. The van der Waals surface area contributed by atoms with E-state index < -0.39 is 5.60 Å². The lowest BCUT2D eigenvalue weighted by molar-refractivity contribution is 0.0393. The smallest absolute Gasteiger partial charge is 0.0623 e. The van der Waals surface area contributed by atoms with Gasteiger partial charge in [0, 0.05) is 18.9 Å². The van der Waals surface area contributed by atoms with E-state index >= 15 is 0 Å². The van der Waals surface area contributed by atoms with Gasteiger partial charge in [-0.3, -0.25) is 4.68 Å². The van der Waals surface area contributed by atoms with Crippen molar-refractivity contribution in [3.05, 3.63) is 18.0 Å². The van der Waals surface area contributed by atoms with Gasteiger partial charge in [-0.15, -0.1) is 0 Å². The molecule has 0 bridgehead atoms. The summed E-state index contributed by atoms with van der Waals surface area (Å²) in [7, 11) is 1.95. The van der Waals surface area contributed by atoms with Crippen LogP contribution in [0.3, 0.4) is 0 Å². The van der Waals surface area contributed by atoms with E-state index in [1.165, 1.54) is 18.5 Å². The lowest BCUT2D eigenvalue weighted by Gasteiger charge is -2.23. The molecule has 3 nitrogen and oxygen atoms in total. The van der Waals surface area contributed by atoms with E-state index in [4.69, 9.17) is 0 Å². The Morgan fingerprint density at radius 1 is 1.38 bits per heavy atom. The van der Waals surface area contributed by atoms with Crippen molar-refractivity contribution in [1.29, 1.82) is 0 Å². The molecule has 16 heavy (non-hydrogen) atoms. The number of aryl methyl sites for hydroxylation is 2. The van der Waals surface area contributed by atoms with Crippen LogP contribution >= 0.6 is 0 Å². The molecule has 92 valence electrons. The molecule has 0 radical (unpaired) electrons. The first-order valence-electron chi connectivity index (χ1n) is 6.24. The highest BCUT2D eigenvalue weighted by atomic mass is 16.3. The number of nitrogens with zero attached hydrogens (tertiary/aromatic N) is 2. The maximum absolute atomic E-state index is 10.2. The summed E-state index contributed by atoms with van der Waals surface area (Å²) < 4.78 is 1.88. The number of hydrogen-bond donors (Lipinski definition) is 1. The molecular weight excluding hydrogens is 200 g/mol. The van der Waals surface area contributed by atoms with Gasteiger partial charge in [0.2, 0.25) is 0 Å². The number of rotatable bonds is 7. The first kappa shape index (κ1) is 13.2. The van der Waals surface area contributed by atoms with Crippen LogP contribution in [0, 0.1) is 0 Å². The zero-order valence-electron chi connectivity index (χ0n) is 10.7. The van der Waals surface area contributed by atoms with Gasteiger partial charge in [-0.2, -0.15) is 5.10 Å². The zero-order chi connectivity index (χ0) is 12.0. The predicted octanol–water partition coefficient (Wildman–Crippen LogP) is 2.68. The van der Waals surface area contributed by atoms with Crippen LogP contribution in [0.4, 0.5) is 0 Å². The molecule has 0 fully saturated rings. The molecule has 1 N–H and O–H groups in total. The fraction of sp³-hybridized carbons (Fsp3) is 0.769. The standard InChI is InChI=1S/C13H24N2O/c1-4-5-6-9-13(2,16)10-7-12-8-11-14-15(12)3/h8,11,16H,4-7,9-10H2,1-3H3. The lowest BCUT2D eigenvalue weighted by Crippen LogP contribution is -2.25.